The molecule has 1 aromatic carbocycles. The van der Waals surface area contributed by atoms with Crippen LogP contribution in [-0.2, 0) is 14.1 Å². The summed E-state index contributed by atoms with van der Waals surface area (Å²) in [6.07, 6.45) is 8.87. The monoisotopic (exact) mass is 416 g/mol. The molecule has 4 heterocycles. The van der Waals surface area contributed by atoms with Crippen LogP contribution in [0.3, 0.4) is 0 Å². The predicted molar refractivity (Wildman–Crippen MR) is 118 cm³/mol. The van der Waals surface area contributed by atoms with E-state index in [0.717, 1.165) is 27.8 Å². The van der Waals surface area contributed by atoms with Crippen LogP contribution in [-0.4, -0.2) is 59.9 Å². The van der Waals surface area contributed by atoms with Gasteiger partial charge in [-0.1, -0.05) is 18.2 Å². The summed E-state index contributed by atoms with van der Waals surface area (Å²) in [6, 6.07) is 7.97. The molecule has 2 atom stereocenters. The number of nitrogens with one attached hydrogen (secondary N) is 2. The molecule has 1 saturated heterocycles. The van der Waals surface area contributed by atoms with E-state index in [1.54, 1.807) is 15.6 Å². The van der Waals surface area contributed by atoms with E-state index >= 15 is 0 Å². The molecular formula is C22H24N8O. The van der Waals surface area contributed by atoms with Gasteiger partial charge < -0.3 is 15.7 Å². The summed E-state index contributed by atoms with van der Waals surface area (Å²) in [4.78, 5) is 9.49. The maximum atomic E-state index is 10.3. The molecule has 0 aliphatic carbocycles. The predicted octanol–water partition coefficient (Wildman–Crippen LogP) is 1.69. The number of rotatable bonds is 5. The molecule has 1 aliphatic heterocycles. The fraction of sp³-hybridized carbons (Fsp3) is 0.273. The molecule has 1 aliphatic rings. The Morgan fingerprint density at radius 3 is 2.39 bits per heavy atom. The Balaban J connectivity index is 1.54. The normalized spacial score (nSPS) is 18.4. The second kappa shape index (κ2) is 7.93. The number of hydrogen-bond donors (Lipinski definition) is 3. The average Bonchev–Trinajstić information content (AvgIpc) is 3.50. The highest BCUT2D eigenvalue weighted by molar-refractivity contribution is 5.76. The Labute approximate surface area is 179 Å². The van der Waals surface area contributed by atoms with Crippen LogP contribution < -0.4 is 10.6 Å². The molecule has 31 heavy (non-hydrogen) atoms. The number of aryl methyl sites for hydroxylation is 2. The van der Waals surface area contributed by atoms with Gasteiger partial charge in [-0.15, -0.1) is 0 Å². The second-order valence-electron chi connectivity index (χ2n) is 7.82. The van der Waals surface area contributed by atoms with Gasteiger partial charge >= 0.3 is 0 Å². The summed E-state index contributed by atoms with van der Waals surface area (Å²) >= 11 is 0. The Morgan fingerprint density at radius 2 is 1.71 bits per heavy atom. The molecular weight excluding hydrogens is 392 g/mol. The molecule has 0 spiro atoms. The average molecular weight is 416 g/mol. The molecule has 158 valence electrons. The van der Waals surface area contributed by atoms with Crippen molar-refractivity contribution in [1.29, 1.82) is 0 Å². The van der Waals surface area contributed by atoms with E-state index in [4.69, 9.17) is 4.98 Å². The van der Waals surface area contributed by atoms with Crippen molar-refractivity contribution in [3.8, 4) is 33.6 Å². The zero-order chi connectivity index (χ0) is 21.4. The minimum Gasteiger partial charge on any atom is -0.390 e. The number of hydrogen-bond acceptors (Lipinski definition) is 7. The molecule has 3 aromatic heterocycles. The van der Waals surface area contributed by atoms with Crippen LogP contribution in [0.25, 0.3) is 33.6 Å². The Morgan fingerprint density at radius 1 is 0.968 bits per heavy atom. The van der Waals surface area contributed by atoms with Crippen LogP contribution in [0.2, 0.25) is 0 Å². The van der Waals surface area contributed by atoms with Gasteiger partial charge in [-0.25, -0.2) is 9.97 Å². The van der Waals surface area contributed by atoms with Crippen molar-refractivity contribution in [1.82, 2.24) is 34.8 Å². The third-order valence-electron chi connectivity index (χ3n) is 5.47. The van der Waals surface area contributed by atoms with Gasteiger partial charge in [0.1, 0.15) is 5.82 Å². The zero-order valence-corrected chi connectivity index (χ0v) is 17.4. The number of nitrogens with zero attached hydrogens (tertiary/aromatic N) is 6. The van der Waals surface area contributed by atoms with Crippen LogP contribution >= 0.6 is 0 Å². The smallest absolute Gasteiger partial charge is 0.161 e. The standard InChI is InChI=1S/C22H24N8O/c1-29-12-16(7-25-29)14-4-3-5-15(6-14)21-24-9-18(17-8-26-30(2)13-17)22(28-21)27-19-10-23-11-20(19)31/h3-9,12-13,19-20,23,31H,10-11H2,1-2H3,(H,24,27,28)/t19-,20-/m1/s1. The number of aliphatic hydroxyl groups excluding tert-OH is 1. The third kappa shape index (κ3) is 3.92. The SMILES string of the molecule is Cn1cc(-c2cccc(-c3ncc(-c4cnn(C)c4)c(N[C@@H]4CNC[C@H]4O)n3)c2)cn1. The van der Waals surface area contributed by atoms with Crippen molar-refractivity contribution in [3.63, 3.8) is 0 Å². The lowest BCUT2D eigenvalue weighted by Gasteiger charge is -2.19. The molecule has 0 saturated carbocycles. The number of aliphatic hydroxyl groups is 1. The summed E-state index contributed by atoms with van der Waals surface area (Å²) < 4.78 is 3.53. The maximum absolute atomic E-state index is 10.3. The van der Waals surface area contributed by atoms with Crippen molar-refractivity contribution in [3.05, 3.63) is 55.2 Å². The van der Waals surface area contributed by atoms with Crippen molar-refractivity contribution in [2.24, 2.45) is 14.1 Å². The molecule has 1 fully saturated rings. The largest absolute Gasteiger partial charge is 0.390 e. The Bertz CT molecular complexity index is 1210. The first-order chi connectivity index (χ1) is 15.1. The lowest BCUT2D eigenvalue weighted by atomic mass is 10.1. The second-order valence-corrected chi connectivity index (χ2v) is 7.82. The Hall–Kier alpha value is -3.56. The van der Waals surface area contributed by atoms with E-state index in [2.05, 4.69) is 31.9 Å². The van der Waals surface area contributed by atoms with Crippen LogP contribution in [0.4, 0.5) is 5.82 Å². The molecule has 9 nitrogen and oxygen atoms in total. The van der Waals surface area contributed by atoms with Crippen molar-refractivity contribution in [2.45, 2.75) is 12.1 Å². The van der Waals surface area contributed by atoms with Gasteiger partial charge in [0.15, 0.2) is 5.82 Å². The number of anilines is 1. The van der Waals surface area contributed by atoms with Gasteiger partial charge in [0.05, 0.1) is 24.5 Å². The van der Waals surface area contributed by atoms with Gasteiger partial charge in [-0.2, -0.15) is 10.2 Å². The van der Waals surface area contributed by atoms with E-state index in [0.29, 0.717) is 24.7 Å². The molecule has 0 unspecified atom stereocenters. The molecule has 0 bridgehead atoms. The fourth-order valence-electron chi connectivity index (χ4n) is 3.80. The first-order valence-electron chi connectivity index (χ1n) is 10.2. The number of β-amino-alcohol motifs (C(OH)–C–C–N with tert-alkyl or cyclic N) is 1. The molecule has 0 amide bonds. The first kappa shape index (κ1) is 19.4. The van der Waals surface area contributed by atoms with E-state index in [-0.39, 0.29) is 6.04 Å². The number of benzene rings is 1. The van der Waals surface area contributed by atoms with Gasteiger partial charge in [0, 0.05) is 68.0 Å². The van der Waals surface area contributed by atoms with Gasteiger partial charge in [-0.05, 0) is 11.6 Å². The van der Waals surface area contributed by atoms with E-state index in [1.807, 2.05) is 57.1 Å². The molecule has 4 aromatic rings. The molecule has 5 rings (SSSR count). The lowest BCUT2D eigenvalue weighted by molar-refractivity contribution is 0.185. The summed E-state index contributed by atoms with van der Waals surface area (Å²) in [5, 5.41) is 25.4. The van der Waals surface area contributed by atoms with Crippen molar-refractivity contribution < 1.29 is 5.11 Å². The fourth-order valence-corrected chi connectivity index (χ4v) is 3.80. The van der Waals surface area contributed by atoms with Crippen LogP contribution in [0.1, 0.15) is 0 Å². The van der Waals surface area contributed by atoms with E-state index in [1.165, 1.54) is 0 Å². The third-order valence-corrected chi connectivity index (χ3v) is 5.47. The summed E-state index contributed by atoms with van der Waals surface area (Å²) in [5.41, 5.74) is 4.76. The molecule has 0 radical (unpaired) electrons. The van der Waals surface area contributed by atoms with Crippen LogP contribution in [0.15, 0.2) is 55.2 Å². The van der Waals surface area contributed by atoms with Crippen LogP contribution in [0, 0.1) is 0 Å². The lowest BCUT2D eigenvalue weighted by Crippen LogP contribution is -2.32. The van der Waals surface area contributed by atoms with Crippen LogP contribution in [0.5, 0.6) is 0 Å². The quantitative estimate of drug-likeness (QED) is 0.455. The van der Waals surface area contributed by atoms with Gasteiger partial charge in [-0.3, -0.25) is 9.36 Å². The molecule has 3 N–H and O–H groups in total. The summed E-state index contributed by atoms with van der Waals surface area (Å²) in [7, 11) is 3.78. The highest BCUT2D eigenvalue weighted by Gasteiger charge is 2.26. The van der Waals surface area contributed by atoms with E-state index < -0.39 is 6.10 Å². The maximum Gasteiger partial charge on any atom is 0.161 e. The highest BCUT2D eigenvalue weighted by atomic mass is 16.3. The Kier molecular flexibility index (Phi) is 4.97. The number of aromatic nitrogens is 6. The molecule has 9 heteroatoms. The van der Waals surface area contributed by atoms with E-state index in [9.17, 15) is 5.11 Å². The topological polar surface area (TPSA) is 106 Å². The zero-order valence-electron chi connectivity index (χ0n) is 17.4. The highest BCUT2D eigenvalue weighted by Crippen LogP contribution is 2.30. The van der Waals surface area contributed by atoms with Crippen molar-refractivity contribution in [2.75, 3.05) is 18.4 Å². The summed E-state index contributed by atoms with van der Waals surface area (Å²) in [5.74, 6) is 1.29. The summed E-state index contributed by atoms with van der Waals surface area (Å²) in [6.45, 7) is 1.23. The van der Waals surface area contributed by atoms with Gasteiger partial charge in [0.25, 0.3) is 0 Å². The first-order valence-corrected chi connectivity index (χ1v) is 10.2. The van der Waals surface area contributed by atoms with Crippen molar-refractivity contribution >= 4 is 5.82 Å². The minimum absolute atomic E-state index is 0.125. The van der Waals surface area contributed by atoms with Gasteiger partial charge in [0.2, 0.25) is 0 Å². The minimum atomic E-state index is -0.478.